The highest BCUT2D eigenvalue weighted by Gasteiger charge is 2.34. The highest BCUT2D eigenvalue weighted by Crippen LogP contribution is 2.31. The number of hydrogen-bond acceptors (Lipinski definition) is 4. The highest BCUT2D eigenvalue weighted by molar-refractivity contribution is 5.31. The van der Waals surface area contributed by atoms with Crippen LogP contribution in [0.2, 0.25) is 0 Å². The van der Waals surface area contributed by atoms with Gasteiger partial charge in [-0.3, -0.25) is 0 Å². The second-order valence-corrected chi connectivity index (χ2v) is 5.27. The molecule has 1 heterocycles. The molecule has 0 radical (unpaired) electrons. The Labute approximate surface area is 122 Å². The lowest BCUT2D eigenvalue weighted by Crippen LogP contribution is -2.16. The highest BCUT2D eigenvalue weighted by atomic mass is 19.4. The molecule has 21 heavy (non-hydrogen) atoms. The van der Waals surface area contributed by atoms with Crippen molar-refractivity contribution in [1.82, 2.24) is 9.97 Å². The summed E-state index contributed by atoms with van der Waals surface area (Å²) in [4.78, 5) is 7.47. The van der Waals surface area contributed by atoms with Crippen LogP contribution in [0.5, 0.6) is 5.88 Å². The van der Waals surface area contributed by atoms with Gasteiger partial charge in [-0.2, -0.15) is 18.2 Å². The third-order valence-electron chi connectivity index (χ3n) is 3.53. The zero-order valence-corrected chi connectivity index (χ0v) is 12.0. The molecule has 2 rings (SSSR count). The molecule has 0 atom stereocenters. The molecule has 1 aromatic heterocycles. The summed E-state index contributed by atoms with van der Waals surface area (Å²) in [5.74, 6) is 0.590. The van der Waals surface area contributed by atoms with Crippen molar-refractivity contribution in [3.8, 4) is 5.88 Å². The minimum Gasteiger partial charge on any atom is -0.478 e. The van der Waals surface area contributed by atoms with Gasteiger partial charge < -0.3 is 10.1 Å². The fourth-order valence-corrected chi connectivity index (χ4v) is 2.07. The molecule has 1 aliphatic rings. The molecule has 1 aliphatic carbocycles. The van der Waals surface area contributed by atoms with E-state index in [0.29, 0.717) is 19.1 Å². The maximum absolute atomic E-state index is 12.8. The zero-order chi connectivity index (χ0) is 15.3. The Bertz CT molecular complexity index is 461. The maximum atomic E-state index is 12.8. The lowest BCUT2D eigenvalue weighted by atomic mass is 9.83. The SMILES string of the molecule is CCCNc1nc(OCCC2CCC2)cc(C(F)(F)F)n1. The van der Waals surface area contributed by atoms with Gasteiger partial charge in [0.15, 0.2) is 5.69 Å². The van der Waals surface area contributed by atoms with Crippen molar-refractivity contribution in [3.05, 3.63) is 11.8 Å². The van der Waals surface area contributed by atoms with Crippen molar-refractivity contribution in [1.29, 1.82) is 0 Å². The first-order valence-electron chi connectivity index (χ1n) is 7.32. The molecule has 1 aromatic rings. The Kier molecular flexibility index (Phi) is 5.25. The predicted octanol–water partition coefficient (Wildman–Crippen LogP) is 3.89. The summed E-state index contributed by atoms with van der Waals surface area (Å²) in [5, 5.41) is 2.77. The molecule has 0 spiro atoms. The molecule has 0 unspecified atom stereocenters. The summed E-state index contributed by atoms with van der Waals surface area (Å²) < 4.78 is 43.8. The number of alkyl halides is 3. The van der Waals surface area contributed by atoms with Gasteiger partial charge in [-0.25, -0.2) is 4.98 Å². The van der Waals surface area contributed by atoms with Gasteiger partial charge in [0.2, 0.25) is 11.8 Å². The van der Waals surface area contributed by atoms with E-state index < -0.39 is 11.9 Å². The lowest BCUT2D eigenvalue weighted by molar-refractivity contribution is -0.141. The molecule has 7 heteroatoms. The van der Waals surface area contributed by atoms with Crippen molar-refractivity contribution in [2.75, 3.05) is 18.5 Å². The fourth-order valence-electron chi connectivity index (χ4n) is 2.07. The number of rotatable bonds is 7. The van der Waals surface area contributed by atoms with Crippen LogP contribution >= 0.6 is 0 Å². The fraction of sp³-hybridized carbons (Fsp3) is 0.714. The zero-order valence-electron chi connectivity index (χ0n) is 12.0. The van der Waals surface area contributed by atoms with Crippen LogP contribution in [0.15, 0.2) is 6.07 Å². The second-order valence-electron chi connectivity index (χ2n) is 5.27. The standard InChI is InChI=1S/C14H20F3N3O/c1-2-7-18-13-19-11(14(15,16)17)9-12(20-13)21-8-6-10-4-3-5-10/h9-10H,2-8H2,1H3,(H,18,19,20). The Hall–Kier alpha value is -1.53. The molecule has 0 bridgehead atoms. The van der Waals surface area contributed by atoms with Crippen LogP contribution in [0, 0.1) is 5.92 Å². The molecule has 4 nitrogen and oxygen atoms in total. The molecular weight excluding hydrogens is 283 g/mol. The molecule has 0 amide bonds. The van der Waals surface area contributed by atoms with Crippen molar-refractivity contribution in [3.63, 3.8) is 0 Å². The van der Waals surface area contributed by atoms with Crippen LogP contribution < -0.4 is 10.1 Å². The van der Waals surface area contributed by atoms with E-state index in [4.69, 9.17) is 4.74 Å². The van der Waals surface area contributed by atoms with Crippen LogP contribution in [0.25, 0.3) is 0 Å². The van der Waals surface area contributed by atoms with Gasteiger partial charge in [-0.1, -0.05) is 26.2 Å². The third-order valence-corrected chi connectivity index (χ3v) is 3.53. The normalized spacial score (nSPS) is 15.6. The number of aromatic nitrogens is 2. The number of nitrogens with zero attached hydrogens (tertiary/aromatic N) is 2. The minimum atomic E-state index is -4.50. The number of hydrogen-bond donors (Lipinski definition) is 1. The summed E-state index contributed by atoms with van der Waals surface area (Å²) in [6, 6.07) is 0.859. The Morgan fingerprint density at radius 3 is 2.67 bits per heavy atom. The number of ether oxygens (including phenoxy) is 1. The van der Waals surface area contributed by atoms with Gasteiger partial charge in [-0.15, -0.1) is 0 Å². The van der Waals surface area contributed by atoms with Crippen LogP contribution in [0.3, 0.4) is 0 Å². The summed E-state index contributed by atoms with van der Waals surface area (Å²) in [6.07, 6.45) is 0.744. The first-order chi connectivity index (χ1) is 9.99. The summed E-state index contributed by atoms with van der Waals surface area (Å²) in [5.41, 5.74) is -0.977. The first-order valence-corrected chi connectivity index (χ1v) is 7.32. The van der Waals surface area contributed by atoms with Crippen LogP contribution in [0.1, 0.15) is 44.7 Å². The van der Waals surface area contributed by atoms with Crippen molar-refractivity contribution < 1.29 is 17.9 Å². The largest absolute Gasteiger partial charge is 0.478 e. The summed E-state index contributed by atoms with van der Waals surface area (Å²) >= 11 is 0. The van der Waals surface area contributed by atoms with E-state index in [0.717, 1.165) is 18.9 Å². The monoisotopic (exact) mass is 303 g/mol. The van der Waals surface area contributed by atoms with E-state index in [-0.39, 0.29) is 11.8 Å². The molecular formula is C14H20F3N3O. The first kappa shape index (κ1) is 15.9. The summed E-state index contributed by atoms with van der Waals surface area (Å²) in [7, 11) is 0. The van der Waals surface area contributed by atoms with Crippen molar-refractivity contribution in [2.24, 2.45) is 5.92 Å². The van der Waals surface area contributed by atoms with Gasteiger partial charge in [-0.05, 0) is 18.8 Å². The Balaban J connectivity index is 2.02. The van der Waals surface area contributed by atoms with Gasteiger partial charge >= 0.3 is 6.18 Å². The minimum absolute atomic E-state index is 0.0183. The molecule has 118 valence electrons. The topological polar surface area (TPSA) is 47.0 Å². The van der Waals surface area contributed by atoms with Crippen LogP contribution in [0.4, 0.5) is 19.1 Å². The average molecular weight is 303 g/mol. The van der Waals surface area contributed by atoms with Crippen molar-refractivity contribution in [2.45, 2.75) is 45.2 Å². The third kappa shape index (κ3) is 4.75. The number of halogens is 3. The quantitative estimate of drug-likeness (QED) is 0.830. The Morgan fingerprint density at radius 2 is 2.10 bits per heavy atom. The number of nitrogens with one attached hydrogen (secondary N) is 1. The van der Waals surface area contributed by atoms with E-state index in [1.54, 1.807) is 0 Å². The molecule has 1 N–H and O–H groups in total. The van der Waals surface area contributed by atoms with Gasteiger partial charge in [0, 0.05) is 12.6 Å². The second kappa shape index (κ2) is 6.95. The van der Waals surface area contributed by atoms with E-state index in [1.807, 2.05) is 6.92 Å². The van der Waals surface area contributed by atoms with Gasteiger partial charge in [0.1, 0.15) is 0 Å². The Morgan fingerprint density at radius 1 is 1.33 bits per heavy atom. The van der Waals surface area contributed by atoms with E-state index in [1.165, 1.54) is 19.3 Å². The molecule has 1 saturated carbocycles. The van der Waals surface area contributed by atoms with Gasteiger partial charge in [0.05, 0.1) is 6.61 Å². The van der Waals surface area contributed by atoms with Crippen LogP contribution in [-0.2, 0) is 6.18 Å². The molecule has 0 aliphatic heterocycles. The number of anilines is 1. The molecule has 0 aromatic carbocycles. The average Bonchev–Trinajstić information content (AvgIpc) is 2.38. The molecule has 1 fully saturated rings. The lowest BCUT2D eigenvalue weighted by Gasteiger charge is -2.24. The maximum Gasteiger partial charge on any atom is 0.433 e. The smallest absolute Gasteiger partial charge is 0.433 e. The van der Waals surface area contributed by atoms with Crippen molar-refractivity contribution >= 4 is 5.95 Å². The summed E-state index contributed by atoms with van der Waals surface area (Å²) in [6.45, 7) is 2.83. The predicted molar refractivity (Wildman–Crippen MR) is 73.3 cm³/mol. The molecule has 0 saturated heterocycles. The van der Waals surface area contributed by atoms with Gasteiger partial charge in [0.25, 0.3) is 0 Å². The van der Waals surface area contributed by atoms with E-state index in [9.17, 15) is 13.2 Å². The van der Waals surface area contributed by atoms with E-state index >= 15 is 0 Å². The van der Waals surface area contributed by atoms with Crippen LogP contribution in [-0.4, -0.2) is 23.1 Å². The van der Waals surface area contributed by atoms with E-state index in [2.05, 4.69) is 15.3 Å².